The van der Waals surface area contributed by atoms with Crippen LogP contribution < -0.4 is 10.4 Å². The molecule has 0 bridgehead atoms. The van der Waals surface area contributed by atoms with E-state index in [1.54, 1.807) is 16.8 Å². The summed E-state index contributed by atoms with van der Waals surface area (Å²) in [5.41, 5.74) is 2.47. The third kappa shape index (κ3) is 3.76. The van der Waals surface area contributed by atoms with Gasteiger partial charge in [0.15, 0.2) is 11.4 Å². The Morgan fingerprint density at radius 1 is 1.06 bits per heavy atom. The molecule has 2 atom stereocenters. The molecular formula is C25H22F3N3O3S. The predicted octanol–water partition coefficient (Wildman–Crippen LogP) is 4.56. The summed E-state index contributed by atoms with van der Waals surface area (Å²) in [7, 11) is 0. The number of amides is 1. The van der Waals surface area contributed by atoms with Crippen LogP contribution in [-0.2, 0) is 5.75 Å². The Labute approximate surface area is 203 Å². The van der Waals surface area contributed by atoms with E-state index in [2.05, 4.69) is 0 Å². The van der Waals surface area contributed by atoms with E-state index in [1.165, 1.54) is 10.9 Å². The van der Waals surface area contributed by atoms with E-state index in [1.807, 2.05) is 49.4 Å². The monoisotopic (exact) mass is 501 g/mol. The number of rotatable bonds is 2. The summed E-state index contributed by atoms with van der Waals surface area (Å²) in [6, 6.07) is 11.9. The number of aromatic nitrogens is 1. The second kappa shape index (κ2) is 8.37. The number of pyridine rings is 1. The fourth-order valence-corrected chi connectivity index (χ4v) is 5.90. The van der Waals surface area contributed by atoms with Gasteiger partial charge in [0.1, 0.15) is 12.7 Å². The number of hydrogen-bond donors (Lipinski definition) is 1. The molecule has 3 aromatic rings. The Morgan fingerprint density at radius 2 is 1.77 bits per heavy atom. The van der Waals surface area contributed by atoms with Gasteiger partial charge in [-0.3, -0.25) is 19.3 Å². The lowest BCUT2D eigenvalue weighted by Crippen LogP contribution is -2.60. The summed E-state index contributed by atoms with van der Waals surface area (Å²) in [6.45, 7) is 2.48. The molecule has 182 valence electrons. The van der Waals surface area contributed by atoms with Crippen LogP contribution >= 0.6 is 11.8 Å². The summed E-state index contributed by atoms with van der Waals surface area (Å²) < 4.78 is 42.7. The summed E-state index contributed by atoms with van der Waals surface area (Å²) >= 11 is 1.65. The minimum atomic E-state index is -4.69. The smallest absolute Gasteiger partial charge is 0.408 e. The highest BCUT2D eigenvalue weighted by Gasteiger charge is 2.47. The average Bonchev–Trinajstić information content (AvgIpc) is 2.98. The first-order valence-electron chi connectivity index (χ1n) is 11.0. The minimum Gasteiger partial charge on any atom is -0.502 e. The number of hydrogen-bond acceptors (Lipinski definition) is 5. The fraction of sp³-hybridized carbons (Fsp3) is 0.280. The lowest BCUT2D eigenvalue weighted by atomic mass is 9.93. The van der Waals surface area contributed by atoms with Gasteiger partial charge in [0.2, 0.25) is 5.43 Å². The zero-order chi connectivity index (χ0) is 25.1. The number of benzene rings is 2. The van der Waals surface area contributed by atoms with Crippen molar-refractivity contribution in [2.75, 3.05) is 11.7 Å². The van der Waals surface area contributed by atoms with Crippen LogP contribution in [0.5, 0.6) is 5.75 Å². The SMILES string of the molecule is Cc1cccc2c1SCc1ccccc1[C@H]2N1CN([C@H](C)C(F)(F)F)C(=O)c2c(O)c(=O)ccn21. The molecule has 0 saturated heterocycles. The molecule has 1 amide bonds. The molecule has 10 heteroatoms. The van der Waals surface area contributed by atoms with Crippen LogP contribution in [0.3, 0.4) is 0 Å². The van der Waals surface area contributed by atoms with Gasteiger partial charge in [-0.1, -0.05) is 42.5 Å². The van der Waals surface area contributed by atoms with Crippen molar-refractivity contribution in [1.82, 2.24) is 9.58 Å². The van der Waals surface area contributed by atoms with E-state index >= 15 is 0 Å². The zero-order valence-electron chi connectivity index (χ0n) is 18.9. The molecule has 2 aliphatic heterocycles. The summed E-state index contributed by atoms with van der Waals surface area (Å²) in [4.78, 5) is 27.1. The van der Waals surface area contributed by atoms with Crippen LogP contribution in [0.1, 0.15) is 45.7 Å². The molecule has 0 radical (unpaired) electrons. The molecule has 2 aliphatic rings. The highest BCUT2D eigenvalue weighted by atomic mass is 32.2. The molecule has 5 rings (SSSR count). The van der Waals surface area contributed by atoms with Crippen LogP contribution in [-0.4, -0.2) is 39.5 Å². The van der Waals surface area contributed by atoms with Crippen molar-refractivity contribution in [2.24, 2.45) is 0 Å². The van der Waals surface area contributed by atoms with Gasteiger partial charge in [-0.2, -0.15) is 13.2 Å². The molecule has 35 heavy (non-hydrogen) atoms. The summed E-state index contributed by atoms with van der Waals surface area (Å²) in [5, 5.41) is 12.1. The second-order valence-electron chi connectivity index (χ2n) is 8.68. The van der Waals surface area contributed by atoms with E-state index < -0.39 is 47.7 Å². The van der Waals surface area contributed by atoms with Crippen molar-refractivity contribution in [3.05, 3.63) is 92.9 Å². The van der Waals surface area contributed by atoms with E-state index in [-0.39, 0.29) is 0 Å². The van der Waals surface area contributed by atoms with Crippen molar-refractivity contribution in [3.8, 4) is 5.75 Å². The Hall–Kier alpha value is -3.40. The third-order valence-corrected chi connectivity index (χ3v) is 7.89. The normalized spacial score (nSPS) is 18.4. The minimum absolute atomic E-state index is 0.397. The number of carbonyl (C=O) groups excluding carboxylic acids is 1. The van der Waals surface area contributed by atoms with Crippen LogP contribution in [0, 0.1) is 6.92 Å². The maximum Gasteiger partial charge on any atom is 0.408 e. The van der Waals surface area contributed by atoms with Gasteiger partial charge in [-0.05, 0) is 36.1 Å². The Morgan fingerprint density at radius 3 is 2.51 bits per heavy atom. The van der Waals surface area contributed by atoms with Gasteiger partial charge >= 0.3 is 6.18 Å². The number of alkyl halides is 3. The summed E-state index contributed by atoms with van der Waals surface area (Å²) in [6.07, 6.45) is -3.36. The van der Waals surface area contributed by atoms with Gasteiger partial charge in [-0.15, -0.1) is 11.8 Å². The number of aryl methyl sites for hydroxylation is 1. The maximum absolute atomic E-state index is 13.8. The number of aromatic hydroxyl groups is 1. The van der Waals surface area contributed by atoms with E-state index in [4.69, 9.17) is 0 Å². The standard InChI is InChI=1S/C25H22F3N3O3S/c1-14-6-5-9-18-20(17-8-4-3-7-16(17)12-35-23(14)18)31-13-29(15(2)25(26,27)28)24(34)21-22(33)19(32)10-11-30(21)31/h3-11,15,20,33H,12-13H2,1-2H3/t15-,20-/m1/s1. The van der Waals surface area contributed by atoms with E-state index in [0.29, 0.717) is 10.7 Å². The molecule has 1 aromatic heterocycles. The number of halogens is 3. The van der Waals surface area contributed by atoms with E-state index in [0.717, 1.165) is 40.1 Å². The quantitative estimate of drug-likeness (QED) is 0.558. The van der Waals surface area contributed by atoms with Crippen molar-refractivity contribution >= 4 is 17.7 Å². The largest absolute Gasteiger partial charge is 0.502 e. The highest BCUT2D eigenvalue weighted by molar-refractivity contribution is 7.98. The van der Waals surface area contributed by atoms with Gasteiger partial charge < -0.3 is 10.0 Å². The number of thioether (sulfide) groups is 1. The topological polar surface area (TPSA) is 65.8 Å². The predicted molar refractivity (Wildman–Crippen MR) is 126 cm³/mol. The first-order chi connectivity index (χ1) is 16.6. The molecule has 3 heterocycles. The van der Waals surface area contributed by atoms with Crippen molar-refractivity contribution in [2.45, 2.75) is 42.8 Å². The second-order valence-corrected chi connectivity index (χ2v) is 9.66. The lowest BCUT2D eigenvalue weighted by Gasteiger charge is -2.46. The van der Waals surface area contributed by atoms with Crippen LogP contribution in [0.25, 0.3) is 0 Å². The Balaban J connectivity index is 1.79. The first kappa shape index (κ1) is 23.3. The molecule has 0 aliphatic carbocycles. The number of carbonyl (C=O) groups is 1. The molecule has 1 N–H and O–H groups in total. The molecule has 6 nitrogen and oxygen atoms in total. The Bertz CT molecular complexity index is 1390. The first-order valence-corrected chi connectivity index (χ1v) is 12.0. The molecule has 0 spiro atoms. The maximum atomic E-state index is 13.8. The fourth-order valence-electron chi connectivity index (χ4n) is 4.69. The lowest BCUT2D eigenvalue weighted by molar-refractivity contribution is -0.173. The molecule has 0 saturated carbocycles. The number of fused-ring (bicyclic) bond motifs is 3. The molecule has 2 aromatic carbocycles. The van der Waals surface area contributed by atoms with Gasteiger partial charge in [0.25, 0.3) is 5.91 Å². The van der Waals surface area contributed by atoms with Crippen LogP contribution in [0.2, 0.25) is 0 Å². The van der Waals surface area contributed by atoms with Gasteiger partial charge in [-0.25, -0.2) is 0 Å². The molecule has 0 unspecified atom stereocenters. The van der Waals surface area contributed by atoms with Crippen LogP contribution in [0.4, 0.5) is 13.2 Å². The highest BCUT2D eigenvalue weighted by Crippen LogP contribution is 2.44. The number of nitrogens with zero attached hydrogens (tertiary/aromatic N) is 3. The van der Waals surface area contributed by atoms with Crippen molar-refractivity contribution in [3.63, 3.8) is 0 Å². The Kier molecular flexibility index (Phi) is 5.58. The molecule has 0 fully saturated rings. The van der Waals surface area contributed by atoms with Crippen LogP contribution in [0.15, 0.2) is 64.4 Å². The van der Waals surface area contributed by atoms with Crippen molar-refractivity contribution < 1.29 is 23.1 Å². The van der Waals surface area contributed by atoms with Crippen molar-refractivity contribution in [1.29, 1.82) is 0 Å². The molecular weight excluding hydrogens is 479 g/mol. The third-order valence-electron chi connectivity index (χ3n) is 6.59. The van der Waals surface area contributed by atoms with E-state index in [9.17, 15) is 27.9 Å². The van der Waals surface area contributed by atoms with Gasteiger partial charge in [0.05, 0.1) is 6.04 Å². The average molecular weight is 502 g/mol. The zero-order valence-corrected chi connectivity index (χ0v) is 19.7. The summed E-state index contributed by atoms with van der Waals surface area (Å²) in [5.74, 6) is -1.26. The van der Waals surface area contributed by atoms with Gasteiger partial charge in [0, 0.05) is 22.9 Å².